The van der Waals surface area contributed by atoms with E-state index in [1.807, 2.05) is 25.1 Å². The van der Waals surface area contributed by atoms with Crippen LogP contribution in [0.2, 0.25) is 0 Å². The molecule has 1 aromatic carbocycles. The lowest BCUT2D eigenvalue weighted by atomic mass is 9.93. The topological polar surface area (TPSA) is 91.6 Å². The maximum atomic E-state index is 12.0. The van der Waals surface area contributed by atoms with E-state index in [4.69, 9.17) is 9.79 Å². The van der Waals surface area contributed by atoms with E-state index >= 15 is 0 Å². The van der Waals surface area contributed by atoms with E-state index in [1.165, 1.54) is 12.5 Å². The molecule has 0 fully saturated rings. The first-order valence-corrected chi connectivity index (χ1v) is 12.2. The number of carbonyl (C=O) groups is 1. The zero-order chi connectivity index (χ0) is 22.1. The van der Waals surface area contributed by atoms with Crippen molar-refractivity contribution in [3.63, 3.8) is 0 Å². The van der Waals surface area contributed by atoms with Crippen LogP contribution in [0.3, 0.4) is 0 Å². The number of amides is 1. The smallest absolute Gasteiger partial charge is 0.345 e. The molecule has 1 unspecified atom stereocenters. The van der Waals surface area contributed by atoms with Gasteiger partial charge < -0.3 is 19.7 Å². The van der Waals surface area contributed by atoms with Crippen LogP contribution in [-0.4, -0.2) is 20.3 Å². The van der Waals surface area contributed by atoms with Gasteiger partial charge in [-0.2, -0.15) is 0 Å². The molecular formula is C23H33N2O4P. The Morgan fingerprint density at radius 1 is 1.23 bits per heavy atom. The largest absolute Gasteiger partial charge is 0.348 e. The molecule has 30 heavy (non-hydrogen) atoms. The number of benzene rings is 1. The standard InChI is InChI=1S/C23H33N2O4P/c1-4-6-14-22-23(24-18(3)26)21(20(5-2)13-10-15-30(27,28)29)17-25(22)16-19-11-8-7-9-12-19/h7-12,15,17,20H,4-6,13-14,16H2,1-3H3,(H,24,26)(H2,27,28,29). The maximum absolute atomic E-state index is 12.0. The van der Waals surface area contributed by atoms with Crippen molar-refractivity contribution in [1.29, 1.82) is 0 Å². The first-order valence-electron chi connectivity index (χ1n) is 10.5. The Labute approximate surface area is 179 Å². The van der Waals surface area contributed by atoms with Gasteiger partial charge in [-0.05, 0) is 42.7 Å². The molecule has 2 rings (SSSR count). The molecule has 1 amide bonds. The van der Waals surface area contributed by atoms with Crippen molar-refractivity contribution < 1.29 is 19.1 Å². The molecule has 0 radical (unpaired) electrons. The lowest BCUT2D eigenvalue weighted by molar-refractivity contribution is -0.114. The normalized spacial score (nSPS) is 13.0. The molecule has 3 N–H and O–H groups in total. The Morgan fingerprint density at radius 2 is 1.93 bits per heavy atom. The Bertz CT molecular complexity index is 899. The summed E-state index contributed by atoms with van der Waals surface area (Å²) in [5.41, 5.74) is 4.15. The molecule has 0 aliphatic heterocycles. The number of aromatic nitrogens is 1. The summed E-state index contributed by atoms with van der Waals surface area (Å²) in [4.78, 5) is 30.2. The van der Waals surface area contributed by atoms with E-state index in [9.17, 15) is 9.36 Å². The first kappa shape index (κ1) is 24.1. The lowest BCUT2D eigenvalue weighted by Crippen LogP contribution is -2.11. The van der Waals surface area contributed by atoms with Crippen LogP contribution in [0.1, 0.15) is 69.2 Å². The number of nitrogens with one attached hydrogen (secondary N) is 1. The van der Waals surface area contributed by atoms with Crippen molar-refractivity contribution in [2.24, 2.45) is 0 Å². The highest BCUT2D eigenvalue weighted by Gasteiger charge is 2.22. The Kier molecular flexibility index (Phi) is 9.09. The highest BCUT2D eigenvalue weighted by atomic mass is 31.2. The van der Waals surface area contributed by atoms with Crippen molar-refractivity contribution in [3.05, 3.63) is 65.2 Å². The highest BCUT2D eigenvalue weighted by molar-refractivity contribution is 7.55. The van der Waals surface area contributed by atoms with Gasteiger partial charge in [-0.3, -0.25) is 9.36 Å². The molecule has 6 nitrogen and oxygen atoms in total. The van der Waals surface area contributed by atoms with Gasteiger partial charge in [-0.1, -0.05) is 56.7 Å². The van der Waals surface area contributed by atoms with Crippen LogP contribution in [0.15, 0.2) is 48.4 Å². The molecule has 0 aliphatic carbocycles. The molecule has 0 saturated carbocycles. The number of rotatable bonds is 11. The third kappa shape index (κ3) is 7.28. The molecule has 7 heteroatoms. The van der Waals surface area contributed by atoms with Crippen LogP contribution in [0.25, 0.3) is 0 Å². The van der Waals surface area contributed by atoms with Crippen molar-refractivity contribution in [1.82, 2.24) is 4.57 Å². The van der Waals surface area contributed by atoms with Gasteiger partial charge in [0.1, 0.15) is 0 Å². The molecule has 1 atom stereocenters. The van der Waals surface area contributed by atoms with Gasteiger partial charge in [0, 0.05) is 31.2 Å². The van der Waals surface area contributed by atoms with Crippen LogP contribution >= 0.6 is 7.60 Å². The first-order chi connectivity index (χ1) is 14.2. The van der Waals surface area contributed by atoms with E-state index in [1.54, 1.807) is 6.08 Å². The van der Waals surface area contributed by atoms with E-state index < -0.39 is 7.60 Å². The van der Waals surface area contributed by atoms with Gasteiger partial charge in [-0.25, -0.2) is 0 Å². The SMILES string of the molecule is CCCCc1c(NC(C)=O)c(C(CC)CC=CP(=O)(O)O)cn1Cc1ccccc1. The highest BCUT2D eigenvalue weighted by Crippen LogP contribution is 2.39. The van der Waals surface area contributed by atoms with Crippen LogP contribution in [0.5, 0.6) is 0 Å². The van der Waals surface area contributed by atoms with Crippen LogP contribution in [0.4, 0.5) is 5.69 Å². The Hall–Kier alpha value is -2.14. The number of anilines is 1. The van der Waals surface area contributed by atoms with Gasteiger partial charge in [0.15, 0.2) is 0 Å². The minimum Gasteiger partial charge on any atom is -0.345 e. The summed E-state index contributed by atoms with van der Waals surface area (Å²) in [6.45, 7) is 6.41. The fourth-order valence-corrected chi connectivity index (χ4v) is 4.06. The second-order valence-electron chi connectivity index (χ2n) is 7.62. The van der Waals surface area contributed by atoms with Crippen molar-refractivity contribution in [2.75, 3.05) is 5.32 Å². The van der Waals surface area contributed by atoms with E-state index in [0.717, 1.165) is 48.4 Å². The number of unbranched alkanes of at least 4 members (excludes halogenated alkanes) is 1. The minimum atomic E-state index is -4.18. The van der Waals surface area contributed by atoms with Gasteiger partial charge in [-0.15, -0.1) is 0 Å². The van der Waals surface area contributed by atoms with Crippen LogP contribution in [-0.2, 0) is 22.3 Å². The summed E-state index contributed by atoms with van der Waals surface area (Å²) < 4.78 is 13.4. The summed E-state index contributed by atoms with van der Waals surface area (Å²) in [7, 11) is -4.18. The van der Waals surface area contributed by atoms with Crippen molar-refractivity contribution >= 4 is 19.2 Å². The zero-order valence-electron chi connectivity index (χ0n) is 18.0. The van der Waals surface area contributed by atoms with Gasteiger partial charge in [0.05, 0.1) is 5.69 Å². The van der Waals surface area contributed by atoms with E-state index in [-0.39, 0.29) is 11.8 Å². The predicted octanol–water partition coefficient (Wildman–Crippen LogP) is 5.41. The summed E-state index contributed by atoms with van der Waals surface area (Å²) in [6, 6.07) is 10.2. The molecule has 2 aromatic rings. The summed E-state index contributed by atoms with van der Waals surface area (Å²) in [5.74, 6) is 0.895. The fourth-order valence-electron chi connectivity index (χ4n) is 3.66. The number of nitrogens with zero attached hydrogens (tertiary/aromatic N) is 1. The predicted molar refractivity (Wildman–Crippen MR) is 122 cm³/mol. The average Bonchev–Trinajstić information content (AvgIpc) is 2.99. The quantitative estimate of drug-likeness (QED) is 0.414. The minimum absolute atomic E-state index is 0.0482. The van der Waals surface area contributed by atoms with Gasteiger partial charge in [0.25, 0.3) is 0 Å². The fraction of sp³-hybridized carbons (Fsp3) is 0.435. The van der Waals surface area contributed by atoms with E-state index in [2.05, 4.69) is 35.1 Å². The molecule has 0 saturated heterocycles. The molecule has 1 heterocycles. The van der Waals surface area contributed by atoms with Gasteiger partial charge in [0.2, 0.25) is 5.91 Å². The average molecular weight is 433 g/mol. The third-order valence-electron chi connectivity index (χ3n) is 5.14. The summed E-state index contributed by atoms with van der Waals surface area (Å²) >= 11 is 0. The Morgan fingerprint density at radius 3 is 2.50 bits per heavy atom. The molecule has 164 valence electrons. The van der Waals surface area contributed by atoms with Crippen LogP contribution < -0.4 is 5.32 Å². The van der Waals surface area contributed by atoms with E-state index in [0.29, 0.717) is 13.0 Å². The molecule has 0 spiro atoms. The molecular weight excluding hydrogens is 399 g/mol. The van der Waals surface area contributed by atoms with Crippen LogP contribution in [0, 0.1) is 0 Å². The lowest BCUT2D eigenvalue weighted by Gasteiger charge is -2.15. The molecule has 0 aliphatic rings. The van der Waals surface area contributed by atoms with Crippen molar-refractivity contribution in [2.45, 2.75) is 65.3 Å². The number of allylic oxidation sites excluding steroid dienone is 1. The summed E-state index contributed by atoms with van der Waals surface area (Å²) in [5, 5.41) is 3.04. The number of hydrogen-bond acceptors (Lipinski definition) is 2. The maximum Gasteiger partial charge on any atom is 0.348 e. The molecule has 0 bridgehead atoms. The molecule has 1 aromatic heterocycles. The zero-order valence-corrected chi connectivity index (χ0v) is 18.9. The van der Waals surface area contributed by atoms with Crippen molar-refractivity contribution in [3.8, 4) is 0 Å². The summed E-state index contributed by atoms with van der Waals surface area (Å²) in [6.07, 6.45) is 7.86. The monoisotopic (exact) mass is 432 g/mol. The third-order valence-corrected chi connectivity index (χ3v) is 5.73. The number of hydrogen-bond donors (Lipinski definition) is 3. The number of carbonyl (C=O) groups excluding carboxylic acids is 1. The second kappa shape index (κ2) is 11.3. The second-order valence-corrected chi connectivity index (χ2v) is 9.10. The Balaban J connectivity index is 2.48. The van der Waals surface area contributed by atoms with Gasteiger partial charge >= 0.3 is 7.60 Å².